The average molecular weight is 366 g/mol. The van der Waals surface area contributed by atoms with Crippen LogP contribution >= 0.6 is 0 Å². The fourth-order valence-corrected chi connectivity index (χ4v) is 3.88. The maximum Gasteiger partial charge on any atom is 0.326 e. The summed E-state index contributed by atoms with van der Waals surface area (Å²) in [6, 6.07) is 4.72. The van der Waals surface area contributed by atoms with Gasteiger partial charge < -0.3 is 10.0 Å². The molecule has 1 aliphatic rings. The number of carboxylic acids is 1. The number of nitrogens with zero attached hydrogens (tertiary/aromatic N) is 1. The summed E-state index contributed by atoms with van der Waals surface area (Å²) in [5.74, 6) is -1.30. The second kappa shape index (κ2) is 7.79. The van der Waals surface area contributed by atoms with Crippen molar-refractivity contribution < 1.29 is 23.1 Å². The van der Waals surface area contributed by atoms with Crippen LogP contribution in [0.25, 0.3) is 0 Å². The van der Waals surface area contributed by atoms with Gasteiger partial charge in [-0.2, -0.15) is 0 Å². The van der Waals surface area contributed by atoms with E-state index in [0.717, 1.165) is 0 Å². The molecule has 1 aromatic rings. The lowest BCUT2D eigenvalue weighted by Crippen LogP contribution is -2.49. The van der Waals surface area contributed by atoms with Crippen LogP contribution < -0.4 is 4.72 Å². The van der Waals surface area contributed by atoms with Gasteiger partial charge in [-0.25, -0.2) is 17.9 Å². The van der Waals surface area contributed by atoms with Gasteiger partial charge in [0, 0.05) is 18.7 Å². The molecular weight excluding hydrogens is 344 g/mol. The number of hydrogen-bond acceptors (Lipinski definition) is 4. The van der Waals surface area contributed by atoms with Crippen molar-refractivity contribution in [2.45, 2.75) is 30.7 Å². The third kappa shape index (κ3) is 4.46. The predicted octanol–water partition coefficient (Wildman–Crippen LogP) is 1.48. The van der Waals surface area contributed by atoms with E-state index in [4.69, 9.17) is 0 Å². The van der Waals surface area contributed by atoms with Crippen molar-refractivity contribution in [1.82, 2.24) is 9.62 Å². The van der Waals surface area contributed by atoms with Crippen LogP contribution in [0.1, 0.15) is 30.1 Å². The van der Waals surface area contributed by atoms with Gasteiger partial charge >= 0.3 is 5.97 Å². The van der Waals surface area contributed by atoms with Gasteiger partial charge in [-0.3, -0.25) is 4.79 Å². The number of rotatable bonds is 6. The number of nitrogens with one attached hydrogen (secondary N) is 1. The third-order valence-corrected chi connectivity index (χ3v) is 5.64. The van der Waals surface area contributed by atoms with Crippen LogP contribution in [0.2, 0.25) is 0 Å². The molecule has 0 radical (unpaired) electrons. The number of sulfonamides is 1. The zero-order valence-electron chi connectivity index (χ0n) is 14.0. The molecule has 136 valence electrons. The van der Waals surface area contributed by atoms with Crippen LogP contribution in [0, 0.1) is 5.92 Å². The van der Waals surface area contributed by atoms with E-state index in [1.54, 1.807) is 0 Å². The smallest absolute Gasteiger partial charge is 0.326 e. The highest BCUT2D eigenvalue weighted by molar-refractivity contribution is 7.89. The van der Waals surface area contributed by atoms with Gasteiger partial charge in [0.1, 0.15) is 6.04 Å². The van der Waals surface area contributed by atoms with Gasteiger partial charge in [0.05, 0.1) is 4.90 Å². The van der Waals surface area contributed by atoms with Gasteiger partial charge in [0.2, 0.25) is 10.0 Å². The van der Waals surface area contributed by atoms with Crippen LogP contribution in [0.3, 0.4) is 0 Å². The summed E-state index contributed by atoms with van der Waals surface area (Å²) in [5.41, 5.74) is 0.155. The Balaban J connectivity index is 2.29. The first-order valence-electron chi connectivity index (χ1n) is 8.00. The normalized spacial score (nSPS) is 20.9. The lowest BCUT2D eigenvalue weighted by Gasteiger charge is -2.36. The fourth-order valence-electron chi connectivity index (χ4n) is 2.83. The molecule has 0 spiro atoms. The van der Waals surface area contributed by atoms with Gasteiger partial charge in [0.15, 0.2) is 0 Å². The molecule has 7 nitrogen and oxygen atoms in total. The Labute approximate surface area is 147 Å². The monoisotopic (exact) mass is 366 g/mol. The molecule has 2 atom stereocenters. The zero-order valence-corrected chi connectivity index (χ0v) is 14.8. The molecule has 8 heteroatoms. The van der Waals surface area contributed by atoms with E-state index in [1.807, 2.05) is 6.92 Å². The number of carbonyl (C=O) groups is 2. The zero-order chi connectivity index (χ0) is 18.6. The van der Waals surface area contributed by atoms with Crippen molar-refractivity contribution in [2.24, 2.45) is 5.92 Å². The Hall–Kier alpha value is -2.19. The number of likely N-dealkylation sites (tertiary alicyclic amines) is 1. The van der Waals surface area contributed by atoms with Crippen molar-refractivity contribution in [3.63, 3.8) is 0 Å². The van der Waals surface area contributed by atoms with Crippen molar-refractivity contribution in [3.8, 4) is 0 Å². The maximum atomic E-state index is 12.7. The van der Waals surface area contributed by atoms with E-state index in [-0.39, 0.29) is 22.9 Å². The van der Waals surface area contributed by atoms with Gasteiger partial charge in [-0.05, 0) is 37.0 Å². The molecule has 2 rings (SSSR count). The summed E-state index contributed by atoms with van der Waals surface area (Å²) in [6.45, 7) is 5.82. The number of amides is 1. The van der Waals surface area contributed by atoms with Crippen molar-refractivity contribution in [3.05, 3.63) is 42.5 Å². The second-order valence-electron chi connectivity index (χ2n) is 6.15. The largest absolute Gasteiger partial charge is 0.480 e. The van der Waals surface area contributed by atoms with E-state index >= 15 is 0 Å². The number of carbonyl (C=O) groups excluding carboxylic acids is 1. The highest BCUT2D eigenvalue weighted by Gasteiger charge is 2.35. The summed E-state index contributed by atoms with van der Waals surface area (Å²) in [5, 5.41) is 9.39. The van der Waals surface area contributed by atoms with Crippen molar-refractivity contribution in [2.75, 3.05) is 13.1 Å². The molecule has 0 aromatic heterocycles. The van der Waals surface area contributed by atoms with Crippen molar-refractivity contribution in [1.29, 1.82) is 0 Å². The topological polar surface area (TPSA) is 104 Å². The molecule has 1 heterocycles. The molecule has 0 bridgehead atoms. The molecule has 1 saturated heterocycles. The Morgan fingerprint density at radius 3 is 2.80 bits per heavy atom. The first-order valence-corrected chi connectivity index (χ1v) is 9.49. The minimum Gasteiger partial charge on any atom is -0.480 e. The minimum absolute atomic E-state index is 0.0440. The first kappa shape index (κ1) is 19.1. The second-order valence-corrected chi connectivity index (χ2v) is 7.92. The molecule has 2 unspecified atom stereocenters. The number of aliphatic carboxylic acids is 1. The molecule has 0 aliphatic carbocycles. The SMILES string of the molecule is C=CCNS(=O)(=O)c1cccc(C(=O)N2CCC(C)CC2C(=O)O)c1. The van der Waals surface area contributed by atoms with Crippen LogP contribution in [-0.2, 0) is 14.8 Å². The number of benzene rings is 1. The molecule has 0 saturated carbocycles. The molecule has 1 amide bonds. The highest BCUT2D eigenvalue weighted by Crippen LogP contribution is 2.25. The average Bonchev–Trinajstić information content (AvgIpc) is 2.59. The van der Waals surface area contributed by atoms with Gasteiger partial charge in [0.25, 0.3) is 5.91 Å². The molecule has 2 N–H and O–H groups in total. The summed E-state index contributed by atoms with van der Waals surface area (Å²) in [7, 11) is -3.76. The minimum atomic E-state index is -3.76. The lowest BCUT2D eigenvalue weighted by molar-refractivity contribution is -0.144. The van der Waals surface area contributed by atoms with Gasteiger partial charge in [-0.15, -0.1) is 6.58 Å². The molecule has 1 fully saturated rings. The molecular formula is C17H22N2O5S. The summed E-state index contributed by atoms with van der Waals surface area (Å²) in [6.07, 6.45) is 2.52. The van der Waals surface area contributed by atoms with Crippen LogP contribution in [-0.4, -0.2) is 49.4 Å². The number of hydrogen-bond donors (Lipinski definition) is 2. The molecule has 25 heavy (non-hydrogen) atoms. The van der Waals surface area contributed by atoms with E-state index < -0.39 is 27.9 Å². The highest BCUT2D eigenvalue weighted by atomic mass is 32.2. The van der Waals surface area contributed by atoms with Crippen LogP contribution in [0.15, 0.2) is 41.8 Å². The third-order valence-electron chi connectivity index (χ3n) is 4.22. The van der Waals surface area contributed by atoms with Crippen molar-refractivity contribution >= 4 is 21.9 Å². The molecule has 1 aliphatic heterocycles. The number of piperidine rings is 1. The lowest BCUT2D eigenvalue weighted by atomic mass is 9.92. The Bertz CT molecular complexity index is 775. The summed E-state index contributed by atoms with van der Waals surface area (Å²) < 4.78 is 26.7. The van der Waals surface area contributed by atoms with Crippen LogP contribution in [0.4, 0.5) is 0 Å². The van der Waals surface area contributed by atoms with Crippen LogP contribution in [0.5, 0.6) is 0 Å². The number of carboxylic acid groups (broad SMARTS) is 1. The Kier molecular flexibility index (Phi) is 5.97. The fraction of sp³-hybridized carbons (Fsp3) is 0.412. The molecule has 1 aromatic carbocycles. The predicted molar refractivity (Wildman–Crippen MR) is 92.7 cm³/mol. The Morgan fingerprint density at radius 1 is 1.44 bits per heavy atom. The van der Waals surface area contributed by atoms with E-state index in [1.165, 1.54) is 35.2 Å². The summed E-state index contributed by atoms with van der Waals surface area (Å²) in [4.78, 5) is 25.5. The van der Waals surface area contributed by atoms with Gasteiger partial charge in [-0.1, -0.05) is 19.1 Å². The maximum absolute atomic E-state index is 12.7. The van der Waals surface area contributed by atoms with E-state index in [0.29, 0.717) is 19.4 Å². The van der Waals surface area contributed by atoms with E-state index in [9.17, 15) is 23.1 Å². The Morgan fingerprint density at radius 2 is 2.16 bits per heavy atom. The quantitative estimate of drug-likeness (QED) is 0.742. The standard InChI is InChI=1S/C17H22N2O5S/c1-3-8-18-25(23,24)14-6-4-5-13(11-14)16(20)19-9-7-12(2)10-15(19)17(21)22/h3-6,11-12,15,18H,1,7-10H2,2H3,(H,21,22). The summed E-state index contributed by atoms with van der Waals surface area (Å²) >= 11 is 0. The van der Waals surface area contributed by atoms with E-state index in [2.05, 4.69) is 11.3 Å². The first-order chi connectivity index (χ1) is 11.8.